The van der Waals surface area contributed by atoms with Crippen LogP contribution in [0.15, 0.2) is 60.8 Å². The van der Waals surface area contributed by atoms with Crippen LogP contribution < -0.4 is 4.74 Å². The number of carboxylic acids is 1. The molecule has 0 unspecified atom stereocenters. The zero-order chi connectivity index (χ0) is 14.7. The SMILES string of the molecule is O=C(O)Cc1cccc(Oc2nccc3ccccc23)c1. The Morgan fingerprint density at radius 1 is 1.10 bits per heavy atom. The van der Waals surface area contributed by atoms with Gasteiger partial charge in [0.25, 0.3) is 0 Å². The Balaban J connectivity index is 1.93. The minimum absolute atomic E-state index is 0.0276. The highest BCUT2D eigenvalue weighted by molar-refractivity contribution is 5.86. The Morgan fingerprint density at radius 3 is 2.81 bits per heavy atom. The second-order valence-corrected chi connectivity index (χ2v) is 4.66. The maximum atomic E-state index is 10.8. The van der Waals surface area contributed by atoms with Crippen LogP contribution in [0.4, 0.5) is 0 Å². The van der Waals surface area contributed by atoms with Gasteiger partial charge in [0.2, 0.25) is 5.88 Å². The van der Waals surface area contributed by atoms with Gasteiger partial charge in [-0.3, -0.25) is 4.79 Å². The fourth-order valence-corrected chi connectivity index (χ4v) is 2.18. The average molecular weight is 279 g/mol. The molecule has 1 heterocycles. The molecule has 4 nitrogen and oxygen atoms in total. The molecule has 0 saturated carbocycles. The van der Waals surface area contributed by atoms with Crippen molar-refractivity contribution in [1.82, 2.24) is 4.98 Å². The van der Waals surface area contributed by atoms with Crippen LogP contribution in [0.1, 0.15) is 5.56 Å². The Labute approximate surface area is 121 Å². The fraction of sp³-hybridized carbons (Fsp3) is 0.0588. The third-order valence-corrected chi connectivity index (χ3v) is 3.11. The average Bonchev–Trinajstić information content (AvgIpc) is 2.47. The highest BCUT2D eigenvalue weighted by Crippen LogP contribution is 2.27. The number of aromatic nitrogens is 1. The smallest absolute Gasteiger partial charge is 0.307 e. The predicted octanol–water partition coefficient (Wildman–Crippen LogP) is 3.65. The van der Waals surface area contributed by atoms with Crippen LogP contribution in [0.3, 0.4) is 0 Å². The Morgan fingerprint density at radius 2 is 1.95 bits per heavy atom. The maximum absolute atomic E-state index is 10.8. The molecule has 21 heavy (non-hydrogen) atoms. The zero-order valence-corrected chi connectivity index (χ0v) is 11.2. The van der Waals surface area contributed by atoms with E-state index in [2.05, 4.69) is 4.98 Å². The van der Waals surface area contributed by atoms with Gasteiger partial charge in [-0.05, 0) is 35.2 Å². The first-order valence-electron chi connectivity index (χ1n) is 6.55. The highest BCUT2D eigenvalue weighted by atomic mass is 16.5. The van der Waals surface area contributed by atoms with E-state index in [1.807, 2.05) is 30.3 Å². The Kier molecular flexibility index (Phi) is 3.51. The van der Waals surface area contributed by atoms with Crippen molar-refractivity contribution in [2.75, 3.05) is 0 Å². The standard InChI is InChI=1S/C17H13NO3/c19-16(20)11-12-4-3-6-14(10-12)21-17-15-7-2-1-5-13(15)8-9-18-17/h1-10H,11H2,(H,19,20). The fourth-order valence-electron chi connectivity index (χ4n) is 2.18. The van der Waals surface area contributed by atoms with Gasteiger partial charge in [0.15, 0.2) is 0 Å². The molecule has 0 aliphatic carbocycles. The molecule has 0 amide bonds. The van der Waals surface area contributed by atoms with E-state index < -0.39 is 5.97 Å². The molecule has 3 rings (SSSR count). The van der Waals surface area contributed by atoms with Gasteiger partial charge in [-0.25, -0.2) is 4.98 Å². The summed E-state index contributed by atoms with van der Waals surface area (Å²) >= 11 is 0. The van der Waals surface area contributed by atoms with Gasteiger partial charge >= 0.3 is 5.97 Å². The van der Waals surface area contributed by atoms with Gasteiger partial charge in [0.05, 0.1) is 6.42 Å². The van der Waals surface area contributed by atoms with E-state index in [0.717, 1.165) is 10.8 Å². The number of nitrogens with zero attached hydrogens (tertiary/aromatic N) is 1. The monoisotopic (exact) mass is 279 g/mol. The van der Waals surface area contributed by atoms with E-state index in [4.69, 9.17) is 9.84 Å². The molecule has 0 atom stereocenters. The molecule has 1 N–H and O–H groups in total. The first-order chi connectivity index (χ1) is 10.2. The van der Waals surface area contributed by atoms with Crippen LogP contribution in [0.5, 0.6) is 11.6 Å². The molecule has 3 aromatic rings. The van der Waals surface area contributed by atoms with Gasteiger partial charge in [0, 0.05) is 11.6 Å². The number of fused-ring (bicyclic) bond motifs is 1. The van der Waals surface area contributed by atoms with E-state index in [0.29, 0.717) is 17.2 Å². The third kappa shape index (κ3) is 3.00. The summed E-state index contributed by atoms with van der Waals surface area (Å²) in [6.45, 7) is 0. The van der Waals surface area contributed by atoms with Gasteiger partial charge in [-0.2, -0.15) is 0 Å². The van der Waals surface area contributed by atoms with Crippen molar-refractivity contribution >= 4 is 16.7 Å². The number of benzene rings is 2. The number of aliphatic carboxylic acids is 1. The summed E-state index contributed by atoms with van der Waals surface area (Å²) in [5.41, 5.74) is 0.695. The number of pyridine rings is 1. The van der Waals surface area contributed by atoms with Gasteiger partial charge in [0.1, 0.15) is 5.75 Å². The lowest BCUT2D eigenvalue weighted by molar-refractivity contribution is -0.136. The van der Waals surface area contributed by atoms with Crippen molar-refractivity contribution in [3.8, 4) is 11.6 Å². The van der Waals surface area contributed by atoms with Crippen molar-refractivity contribution in [3.05, 3.63) is 66.4 Å². The second kappa shape index (κ2) is 5.63. The Hall–Kier alpha value is -2.88. The summed E-state index contributed by atoms with van der Waals surface area (Å²) in [6.07, 6.45) is 1.67. The zero-order valence-electron chi connectivity index (χ0n) is 11.2. The minimum atomic E-state index is -0.865. The summed E-state index contributed by atoms with van der Waals surface area (Å²) in [5, 5.41) is 10.8. The third-order valence-electron chi connectivity index (χ3n) is 3.11. The molecule has 0 aliphatic heterocycles. The molecule has 0 spiro atoms. The normalized spacial score (nSPS) is 10.5. The van der Waals surface area contributed by atoms with E-state index in [1.54, 1.807) is 30.5 Å². The second-order valence-electron chi connectivity index (χ2n) is 4.66. The van der Waals surface area contributed by atoms with Crippen molar-refractivity contribution in [3.63, 3.8) is 0 Å². The summed E-state index contributed by atoms with van der Waals surface area (Å²) in [5.74, 6) is 0.230. The number of hydrogen-bond acceptors (Lipinski definition) is 3. The molecule has 2 aromatic carbocycles. The van der Waals surface area contributed by atoms with Crippen molar-refractivity contribution in [2.45, 2.75) is 6.42 Å². The van der Waals surface area contributed by atoms with Crippen LogP contribution in [0.25, 0.3) is 10.8 Å². The van der Waals surface area contributed by atoms with E-state index >= 15 is 0 Å². The maximum Gasteiger partial charge on any atom is 0.307 e. The highest BCUT2D eigenvalue weighted by Gasteiger charge is 2.06. The van der Waals surface area contributed by atoms with E-state index in [9.17, 15) is 4.79 Å². The molecule has 0 fully saturated rings. The summed E-state index contributed by atoms with van der Waals surface area (Å²) in [7, 11) is 0. The van der Waals surface area contributed by atoms with Crippen molar-refractivity contribution < 1.29 is 14.6 Å². The van der Waals surface area contributed by atoms with Crippen molar-refractivity contribution in [1.29, 1.82) is 0 Å². The lowest BCUT2D eigenvalue weighted by Gasteiger charge is -2.08. The van der Waals surface area contributed by atoms with Crippen LogP contribution in [0.2, 0.25) is 0 Å². The molecule has 0 radical (unpaired) electrons. The first kappa shape index (κ1) is 13.1. The number of carbonyl (C=O) groups is 1. The quantitative estimate of drug-likeness (QED) is 0.791. The molecule has 4 heteroatoms. The van der Waals surface area contributed by atoms with Crippen LogP contribution in [-0.2, 0) is 11.2 Å². The van der Waals surface area contributed by atoms with E-state index in [-0.39, 0.29) is 6.42 Å². The lowest BCUT2D eigenvalue weighted by Crippen LogP contribution is -2.00. The van der Waals surface area contributed by atoms with Crippen LogP contribution >= 0.6 is 0 Å². The molecule has 104 valence electrons. The van der Waals surface area contributed by atoms with Gasteiger partial charge < -0.3 is 9.84 Å². The van der Waals surface area contributed by atoms with Crippen LogP contribution in [0, 0.1) is 0 Å². The Bertz CT molecular complexity index is 793. The predicted molar refractivity (Wildman–Crippen MR) is 79.6 cm³/mol. The molecule has 1 aromatic heterocycles. The molecular weight excluding hydrogens is 266 g/mol. The minimum Gasteiger partial charge on any atom is -0.481 e. The van der Waals surface area contributed by atoms with Crippen LogP contribution in [-0.4, -0.2) is 16.1 Å². The molecule has 0 saturated heterocycles. The first-order valence-corrected chi connectivity index (χ1v) is 6.55. The number of rotatable bonds is 4. The number of carboxylic acid groups (broad SMARTS) is 1. The lowest BCUT2D eigenvalue weighted by atomic mass is 10.1. The molecule has 0 bridgehead atoms. The summed E-state index contributed by atoms with van der Waals surface area (Å²) < 4.78 is 5.81. The molecule has 0 aliphatic rings. The van der Waals surface area contributed by atoms with Gasteiger partial charge in [-0.1, -0.05) is 30.3 Å². The largest absolute Gasteiger partial charge is 0.481 e. The summed E-state index contributed by atoms with van der Waals surface area (Å²) in [4.78, 5) is 15.0. The number of ether oxygens (including phenoxy) is 1. The molecular formula is C17H13NO3. The van der Waals surface area contributed by atoms with E-state index in [1.165, 1.54) is 0 Å². The topological polar surface area (TPSA) is 59.4 Å². The number of hydrogen-bond donors (Lipinski definition) is 1. The van der Waals surface area contributed by atoms with Gasteiger partial charge in [-0.15, -0.1) is 0 Å². The van der Waals surface area contributed by atoms with Crippen molar-refractivity contribution in [2.24, 2.45) is 0 Å². The summed E-state index contributed by atoms with van der Waals surface area (Å²) in [6, 6.07) is 16.8.